The van der Waals surface area contributed by atoms with E-state index >= 15 is 0 Å². The average Bonchev–Trinajstić information content (AvgIpc) is 2.01. The van der Waals surface area contributed by atoms with Gasteiger partial charge in [0.05, 0.1) is 0 Å². The van der Waals surface area contributed by atoms with Gasteiger partial charge in [0.2, 0.25) is 0 Å². The van der Waals surface area contributed by atoms with Gasteiger partial charge in [-0.25, -0.2) is 9.97 Å². The standard InChI is InChI=1S/C6H4Cl2N4O2/c7-5(13)11-3-1-4(10-2-9-3)12-6(8)14/h1-2H,(H2,9,10,11,12,13,14). The Morgan fingerprint density at radius 3 is 1.86 bits per heavy atom. The molecule has 14 heavy (non-hydrogen) atoms. The maximum absolute atomic E-state index is 10.4. The molecule has 0 radical (unpaired) electrons. The Morgan fingerprint density at radius 1 is 1.07 bits per heavy atom. The third kappa shape index (κ3) is 3.55. The van der Waals surface area contributed by atoms with Crippen LogP contribution in [0.1, 0.15) is 0 Å². The number of anilines is 2. The minimum Gasteiger partial charge on any atom is -0.297 e. The van der Waals surface area contributed by atoms with Gasteiger partial charge in [0.15, 0.2) is 0 Å². The number of hydrogen-bond acceptors (Lipinski definition) is 4. The first-order valence-corrected chi connectivity index (χ1v) is 4.08. The number of rotatable bonds is 2. The van der Waals surface area contributed by atoms with Gasteiger partial charge in [-0.2, -0.15) is 0 Å². The zero-order valence-corrected chi connectivity index (χ0v) is 8.13. The van der Waals surface area contributed by atoms with Gasteiger partial charge in [0.1, 0.15) is 18.0 Å². The van der Waals surface area contributed by atoms with Crippen LogP contribution < -0.4 is 10.6 Å². The number of nitrogens with zero attached hydrogens (tertiary/aromatic N) is 2. The van der Waals surface area contributed by atoms with E-state index in [1.54, 1.807) is 0 Å². The Balaban J connectivity index is 2.78. The van der Waals surface area contributed by atoms with Crippen molar-refractivity contribution < 1.29 is 9.59 Å². The van der Waals surface area contributed by atoms with Gasteiger partial charge in [-0.15, -0.1) is 0 Å². The van der Waals surface area contributed by atoms with E-state index in [9.17, 15) is 9.59 Å². The number of halogens is 2. The van der Waals surface area contributed by atoms with Crippen molar-refractivity contribution in [2.24, 2.45) is 0 Å². The molecule has 1 heterocycles. The van der Waals surface area contributed by atoms with E-state index in [1.165, 1.54) is 6.07 Å². The topological polar surface area (TPSA) is 84.0 Å². The summed E-state index contributed by atoms with van der Waals surface area (Å²) in [7, 11) is 0. The molecule has 0 aliphatic rings. The van der Waals surface area contributed by atoms with Gasteiger partial charge >= 0.3 is 10.7 Å². The molecule has 2 amide bonds. The molecule has 0 atom stereocenters. The van der Waals surface area contributed by atoms with Crippen LogP contribution in [0.4, 0.5) is 21.2 Å². The van der Waals surface area contributed by atoms with Gasteiger partial charge < -0.3 is 0 Å². The Labute approximate surface area is 88.6 Å². The summed E-state index contributed by atoms with van der Waals surface area (Å²) in [6, 6.07) is 1.31. The van der Waals surface area contributed by atoms with Crippen molar-refractivity contribution >= 4 is 45.6 Å². The van der Waals surface area contributed by atoms with Crippen molar-refractivity contribution in [3.63, 3.8) is 0 Å². The van der Waals surface area contributed by atoms with Crippen LogP contribution in [-0.4, -0.2) is 20.7 Å². The van der Waals surface area contributed by atoms with E-state index in [4.69, 9.17) is 23.2 Å². The molecule has 2 N–H and O–H groups in total. The molecule has 74 valence electrons. The summed E-state index contributed by atoms with van der Waals surface area (Å²) in [6.07, 6.45) is 1.14. The van der Waals surface area contributed by atoms with E-state index in [-0.39, 0.29) is 11.6 Å². The van der Waals surface area contributed by atoms with Crippen molar-refractivity contribution in [3.05, 3.63) is 12.4 Å². The Hall–Kier alpha value is -1.40. The first-order valence-electron chi connectivity index (χ1n) is 3.33. The summed E-state index contributed by atoms with van der Waals surface area (Å²) >= 11 is 10.1. The molecule has 1 aromatic heterocycles. The summed E-state index contributed by atoms with van der Waals surface area (Å²) in [4.78, 5) is 28.2. The summed E-state index contributed by atoms with van der Waals surface area (Å²) in [5.41, 5.74) is 0. The van der Waals surface area contributed by atoms with Crippen molar-refractivity contribution in [3.8, 4) is 0 Å². The van der Waals surface area contributed by atoms with Crippen molar-refractivity contribution in [1.82, 2.24) is 9.97 Å². The maximum Gasteiger partial charge on any atom is 0.319 e. The molecular formula is C6H4Cl2N4O2. The van der Waals surface area contributed by atoms with Gasteiger partial charge in [0, 0.05) is 6.07 Å². The van der Waals surface area contributed by atoms with Crippen molar-refractivity contribution in [2.45, 2.75) is 0 Å². The summed E-state index contributed by atoms with van der Waals surface area (Å²) in [5.74, 6) is 0.334. The first kappa shape index (κ1) is 10.7. The Bertz CT molecular complexity index is 339. The Morgan fingerprint density at radius 2 is 1.50 bits per heavy atom. The fourth-order valence-corrected chi connectivity index (χ4v) is 0.889. The molecular weight excluding hydrogens is 231 g/mol. The number of carbonyl (C=O) groups is 2. The predicted molar refractivity (Wildman–Crippen MR) is 51.8 cm³/mol. The molecule has 0 fully saturated rings. The lowest BCUT2D eigenvalue weighted by atomic mass is 10.5. The zero-order valence-electron chi connectivity index (χ0n) is 6.62. The molecule has 0 aliphatic carbocycles. The Kier molecular flexibility index (Phi) is 3.61. The molecule has 8 heteroatoms. The van der Waals surface area contributed by atoms with E-state index in [1.807, 2.05) is 0 Å². The number of carbonyl (C=O) groups excluding carboxylic acids is 2. The lowest BCUT2D eigenvalue weighted by Gasteiger charge is -2.01. The monoisotopic (exact) mass is 234 g/mol. The van der Waals surface area contributed by atoms with E-state index in [0.29, 0.717) is 0 Å². The summed E-state index contributed by atoms with van der Waals surface area (Å²) in [5, 5.41) is 2.83. The fraction of sp³-hybridized carbons (Fsp3) is 0. The van der Waals surface area contributed by atoms with Gasteiger partial charge in [-0.1, -0.05) is 0 Å². The van der Waals surface area contributed by atoms with Crippen LogP contribution in [0.15, 0.2) is 12.4 Å². The van der Waals surface area contributed by atoms with Crippen molar-refractivity contribution in [2.75, 3.05) is 10.6 Å². The molecule has 0 unspecified atom stereocenters. The predicted octanol–water partition coefficient (Wildman–Crippen LogP) is 2.02. The number of nitrogens with one attached hydrogen (secondary N) is 2. The molecule has 0 spiro atoms. The minimum absolute atomic E-state index is 0.167. The van der Waals surface area contributed by atoms with Crippen LogP contribution in [0.5, 0.6) is 0 Å². The summed E-state index contributed by atoms with van der Waals surface area (Å²) < 4.78 is 0. The second-order valence-corrected chi connectivity index (χ2v) is 2.77. The molecule has 0 aromatic carbocycles. The third-order valence-electron chi connectivity index (χ3n) is 1.12. The van der Waals surface area contributed by atoms with Gasteiger partial charge in [-0.05, 0) is 23.2 Å². The molecule has 0 saturated heterocycles. The van der Waals surface area contributed by atoms with E-state index in [2.05, 4.69) is 20.6 Å². The second kappa shape index (κ2) is 4.73. The molecule has 1 rings (SSSR count). The second-order valence-electron chi connectivity index (χ2n) is 2.09. The highest BCUT2D eigenvalue weighted by Gasteiger charge is 2.02. The smallest absolute Gasteiger partial charge is 0.297 e. The SMILES string of the molecule is O=C(Cl)Nc1cc(NC(=O)Cl)ncn1. The third-order valence-corrected chi connectivity index (χ3v) is 1.31. The highest BCUT2D eigenvalue weighted by molar-refractivity contribution is 6.66. The van der Waals surface area contributed by atoms with E-state index in [0.717, 1.165) is 6.33 Å². The first-order chi connectivity index (χ1) is 6.58. The number of amides is 2. The van der Waals surface area contributed by atoms with Gasteiger partial charge in [-0.3, -0.25) is 20.2 Å². The number of hydrogen-bond donors (Lipinski definition) is 2. The zero-order chi connectivity index (χ0) is 10.6. The molecule has 6 nitrogen and oxygen atoms in total. The van der Waals surface area contributed by atoms with E-state index < -0.39 is 10.7 Å². The van der Waals surface area contributed by atoms with Crippen molar-refractivity contribution in [1.29, 1.82) is 0 Å². The highest BCUT2D eigenvalue weighted by atomic mass is 35.5. The van der Waals surface area contributed by atoms with Crippen LogP contribution in [0.2, 0.25) is 0 Å². The fourth-order valence-electron chi connectivity index (χ4n) is 0.695. The molecule has 0 aliphatic heterocycles. The van der Waals surface area contributed by atoms with Crippen LogP contribution in [0.25, 0.3) is 0 Å². The van der Waals surface area contributed by atoms with Crippen LogP contribution in [-0.2, 0) is 0 Å². The number of aromatic nitrogens is 2. The molecule has 0 saturated carbocycles. The van der Waals surface area contributed by atoms with Crippen LogP contribution in [0.3, 0.4) is 0 Å². The molecule has 0 bridgehead atoms. The highest BCUT2D eigenvalue weighted by Crippen LogP contribution is 2.09. The van der Waals surface area contributed by atoms with Gasteiger partial charge in [0.25, 0.3) is 0 Å². The van der Waals surface area contributed by atoms with Crippen LogP contribution in [0, 0.1) is 0 Å². The lowest BCUT2D eigenvalue weighted by molar-refractivity contribution is 0.268. The maximum atomic E-state index is 10.4. The lowest BCUT2D eigenvalue weighted by Crippen LogP contribution is -2.07. The summed E-state index contributed by atoms with van der Waals surface area (Å²) in [6.45, 7) is 0. The van der Waals surface area contributed by atoms with Crippen LogP contribution >= 0.6 is 23.2 Å². The molecule has 1 aromatic rings. The minimum atomic E-state index is -0.785. The largest absolute Gasteiger partial charge is 0.319 e. The normalized spacial score (nSPS) is 9.29. The quantitative estimate of drug-likeness (QED) is 0.606. The average molecular weight is 235 g/mol.